The normalized spacial score (nSPS) is 17.6. The van der Waals surface area contributed by atoms with Crippen LogP contribution in [0.5, 0.6) is 0 Å². The Morgan fingerprint density at radius 2 is 0.763 bits per heavy atom. The van der Waals surface area contributed by atoms with Crippen molar-refractivity contribution < 1.29 is 0 Å². The predicted octanol–water partition coefficient (Wildman–Crippen LogP) is 14.8. The summed E-state index contributed by atoms with van der Waals surface area (Å²) >= 11 is 0. The van der Waals surface area contributed by atoms with E-state index >= 15 is 0 Å². The van der Waals surface area contributed by atoms with Crippen LogP contribution in [0.3, 0.4) is 0 Å². The molecular formula is C58H37N. The molecule has 0 heterocycles. The van der Waals surface area contributed by atoms with E-state index in [4.69, 9.17) is 0 Å². The molecule has 0 bridgehead atoms. The Morgan fingerprint density at radius 1 is 0.288 bits per heavy atom. The van der Waals surface area contributed by atoms with Crippen LogP contribution >= 0.6 is 0 Å². The molecule has 1 nitrogen and oxygen atoms in total. The van der Waals surface area contributed by atoms with Crippen molar-refractivity contribution >= 4 is 38.6 Å². The first-order chi connectivity index (χ1) is 29.3. The molecule has 0 spiro atoms. The van der Waals surface area contributed by atoms with Crippen LogP contribution in [-0.4, -0.2) is 0 Å². The van der Waals surface area contributed by atoms with Crippen molar-refractivity contribution in [3.63, 3.8) is 0 Å². The quantitative estimate of drug-likeness (QED) is 0.169. The van der Waals surface area contributed by atoms with Crippen molar-refractivity contribution in [2.45, 2.75) is 10.8 Å². The van der Waals surface area contributed by atoms with Gasteiger partial charge < -0.3 is 4.90 Å². The van der Waals surface area contributed by atoms with E-state index in [2.05, 4.69) is 229 Å². The van der Waals surface area contributed by atoms with Crippen LogP contribution < -0.4 is 4.90 Å². The first-order valence-electron chi connectivity index (χ1n) is 20.7. The summed E-state index contributed by atoms with van der Waals surface area (Å²) in [7, 11) is 0. The fourth-order valence-corrected chi connectivity index (χ4v) is 11.7. The summed E-state index contributed by atoms with van der Waals surface area (Å²) in [5, 5.41) is 5.30. The van der Waals surface area contributed by atoms with Crippen LogP contribution in [0.4, 0.5) is 17.1 Å². The number of benzene rings is 10. The summed E-state index contributed by atoms with van der Waals surface area (Å²) in [6, 6.07) is 84.3. The Kier molecular flexibility index (Phi) is 6.64. The summed E-state index contributed by atoms with van der Waals surface area (Å²) in [5.74, 6) is 0. The van der Waals surface area contributed by atoms with Crippen LogP contribution in [0.15, 0.2) is 224 Å². The van der Waals surface area contributed by atoms with Gasteiger partial charge in [0.05, 0.1) is 16.5 Å². The summed E-state index contributed by atoms with van der Waals surface area (Å²) in [4.78, 5) is 2.55. The molecule has 0 aliphatic heterocycles. The van der Waals surface area contributed by atoms with E-state index in [1.165, 1.54) is 94.0 Å². The minimum atomic E-state index is -0.570. The lowest BCUT2D eigenvalue weighted by Gasteiger charge is -2.50. The molecule has 2 unspecified atom stereocenters. The molecule has 0 radical (unpaired) electrons. The van der Waals surface area contributed by atoms with Gasteiger partial charge in [-0.15, -0.1) is 0 Å². The van der Waals surface area contributed by atoms with E-state index in [-0.39, 0.29) is 0 Å². The van der Waals surface area contributed by atoms with E-state index in [1.807, 2.05) is 0 Å². The Balaban J connectivity index is 1.19. The molecule has 0 N–H and O–H groups in total. The third-order valence-corrected chi connectivity index (χ3v) is 13.7. The molecule has 274 valence electrons. The number of rotatable bonds is 5. The summed E-state index contributed by atoms with van der Waals surface area (Å²) in [5.41, 5.74) is 18.1. The fourth-order valence-electron chi connectivity index (χ4n) is 11.7. The first-order valence-corrected chi connectivity index (χ1v) is 20.7. The van der Waals surface area contributed by atoms with Gasteiger partial charge in [-0.1, -0.05) is 194 Å². The highest BCUT2D eigenvalue weighted by Crippen LogP contribution is 2.76. The molecule has 0 saturated carbocycles. The Hall–Kier alpha value is -7.48. The van der Waals surface area contributed by atoms with Crippen molar-refractivity contribution in [3.8, 4) is 33.4 Å². The first kappa shape index (κ1) is 32.6. The third kappa shape index (κ3) is 4.09. The molecular weight excluding hydrogens is 711 g/mol. The number of hydrogen-bond acceptors (Lipinski definition) is 1. The number of anilines is 3. The van der Waals surface area contributed by atoms with E-state index in [0.717, 1.165) is 11.4 Å². The van der Waals surface area contributed by atoms with Gasteiger partial charge in [0.15, 0.2) is 0 Å². The highest BCUT2D eigenvalue weighted by molar-refractivity contribution is 6.12. The molecule has 0 saturated heterocycles. The van der Waals surface area contributed by atoms with E-state index in [0.29, 0.717) is 0 Å². The highest BCUT2D eigenvalue weighted by Gasteiger charge is 2.69. The van der Waals surface area contributed by atoms with Crippen molar-refractivity contribution in [2.75, 3.05) is 4.90 Å². The number of hydrogen-bond donors (Lipinski definition) is 0. The zero-order valence-corrected chi connectivity index (χ0v) is 32.3. The van der Waals surface area contributed by atoms with Gasteiger partial charge in [0.2, 0.25) is 0 Å². The molecule has 0 fully saturated rings. The molecule has 10 aromatic rings. The third-order valence-electron chi connectivity index (χ3n) is 13.7. The van der Waals surface area contributed by atoms with E-state index in [9.17, 15) is 0 Å². The van der Waals surface area contributed by atoms with Crippen LogP contribution in [0, 0.1) is 0 Å². The van der Waals surface area contributed by atoms with Gasteiger partial charge in [0.25, 0.3) is 0 Å². The highest BCUT2D eigenvalue weighted by atomic mass is 15.1. The SMILES string of the molecule is c1ccc(-c2ccc(N(c3cccc(-c4ccccc4)c3)c3ccc4cccc5c4c3C34c6ccccc6-c6ccccc6C53c3cccc5cccc4c35)cc2)cc1. The Morgan fingerprint density at radius 3 is 1.42 bits per heavy atom. The summed E-state index contributed by atoms with van der Waals surface area (Å²) in [6.45, 7) is 0. The van der Waals surface area contributed by atoms with Gasteiger partial charge in [0.1, 0.15) is 0 Å². The molecule has 13 rings (SSSR count). The Labute approximate surface area is 344 Å². The molecule has 3 aliphatic rings. The second-order valence-electron chi connectivity index (χ2n) is 16.3. The standard InChI is InChI=1S/C58H37N/c1-3-15-38(16-4-1)40-31-34-44(35-32-40)59(45-23-11-22-43(37-45)39-17-5-2-6-18-39)53-36-33-42-21-14-30-52-55(42)56(53)58-49-27-10-8-25-47(49)46-24-7-9-26-48(46)57(52,58)50-28-12-19-41-20-13-29-51(58)54(41)50/h1-37H. The topological polar surface area (TPSA) is 3.24 Å². The van der Waals surface area contributed by atoms with Gasteiger partial charge in [-0.2, -0.15) is 0 Å². The molecule has 59 heavy (non-hydrogen) atoms. The molecule has 3 aliphatic carbocycles. The van der Waals surface area contributed by atoms with Gasteiger partial charge in [-0.05, 0) is 113 Å². The fraction of sp³-hybridized carbons (Fsp3) is 0.0345. The average Bonchev–Trinajstić information content (AvgIpc) is 3.76. The van der Waals surface area contributed by atoms with Gasteiger partial charge >= 0.3 is 0 Å². The Bertz CT molecular complexity index is 3320. The van der Waals surface area contributed by atoms with Crippen molar-refractivity contribution in [3.05, 3.63) is 258 Å². The zero-order chi connectivity index (χ0) is 38.7. The maximum atomic E-state index is 2.55. The molecule has 2 atom stereocenters. The van der Waals surface area contributed by atoms with Crippen LogP contribution in [0.1, 0.15) is 33.4 Å². The molecule has 10 aromatic carbocycles. The van der Waals surface area contributed by atoms with Crippen molar-refractivity contribution in [1.82, 2.24) is 0 Å². The van der Waals surface area contributed by atoms with Crippen LogP contribution in [-0.2, 0) is 10.8 Å². The lowest BCUT2D eigenvalue weighted by atomic mass is 9.50. The lowest BCUT2D eigenvalue weighted by Crippen LogP contribution is -2.49. The predicted molar refractivity (Wildman–Crippen MR) is 245 cm³/mol. The molecule has 0 aromatic heterocycles. The second kappa shape index (κ2) is 12.0. The molecule has 1 heteroatoms. The maximum Gasteiger partial charge on any atom is 0.0668 e. The van der Waals surface area contributed by atoms with Crippen molar-refractivity contribution in [2.24, 2.45) is 0 Å². The minimum Gasteiger partial charge on any atom is -0.310 e. The number of nitrogens with zero attached hydrogens (tertiary/aromatic N) is 1. The molecule has 0 amide bonds. The average molecular weight is 748 g/mol. The largest absolute Gasteiger partial charge is 0.310 e. The maximum absolute atomic E-state index is 2.55. The van der Waals surface area contributed by atoms with Gasteiger partial charge in [-0.25, -0.2) is 0 Å². The van der Waals surface area contributed by atoms with E-state index in [1.54, 1.807) is 0 Å². The van der Waals surface area contributed by atoms with Crippen molar-refractivity contribution in [1.29, 1.82) is 0 Å². The lowest BCUT2D eigenvalue weighted by molar-refractivity contribution is 0.461. The van der Waals surface area contributed by atoms with Crippen LogP contribution in [0.25, 0.3) is 54.9 Å². The smallest absolute Gasteiger partial charge is 0.0668 e. The number of fused-ring (bicyclic) bond motifs is 3. The monoisotopic (exact) mass is 747 g/mol. The zero-order valence-electron chi connectivity index (χ0n) is 32.3. The summed E-state index contributed by atoms with van der Waals surface area (Å²) < 4.78 is 0. The van der Waals surface area contributed by atoms with Gasteiger partial charge in [-0.3, -0.25) is 0 Å². The van der Waals surface area contributed by atoms with Crippen LogP contribution in [0.2, 0.25) is 0 Å². The van der Waals surface area contributed by atoms with E-state index < -0.39 is 10.8 Å². The minimum absolute atomic E-state index is 0.506. The van der Waals surface area contributed by atoms with Gasteiger partial charge in [0, 0.05) is 16.9 Å². The summed E-state index contributed by atoms with van der Waals surface area (Å²) in [6.07, 6.45) is 0. The second-order valence-corrected chi connectivity index (χ2v) is 16.3.